The van der Waals surface area contributed by atoms with Crippen molar-refractivity contribution in [2.75, 3.05) is 5.32 Å². The van der Waals surface area contributed by atoms with Crippen molar-refractivity contribution in [3.63, 3.8) is 0 Å². The first-order valence-electron chi connectivity index (χ1n) is 8.39. The van der Waals surface area contributed by atoms with E-state index in [0.717, 1.165) is 9.64 Å². The molecular formula is C20H12F2IN5O. The molecule has 6 nitrogen and oxygen atoms in total. The summed E-state index contributed by atoms with van der Waals surface area (Å²) in [6.07, 6.45) is 1.18. The van der Waals surface area contributed by atoms with E-state index in [-0.39, 0.29) is 33.9 Å². The summed E-state index contributed by atoms with van der Waals surface area (Å²) in [4.78, 5) is 10.7. The summed E-state index contributed by atoms with van der Waals surface area (Å²) < 4.78 is 35.7. The first kappa shape index (κ1) is 19.1. The van der Waals surface area contributed by atoms with Crippen LogP contribution in [0.25, 0.3) is 10.9 Å². The molecule has 144 valence electrons. The van der Waals surface area contributed by atoms with Gasteiger partial charge < -0.3 is 15.0 Å². The molecule has 29 heavy (non-hydrogen) atoms. The van der Waals surface area contributed by atoms with E-state index in [9.17, 15) is 14.0 Å². The summed E-state index contributed by atoms with van der Waals surface area (Å²) in [5, 5.41) is 12.6. The van der Waals surface area contributed by atoms with E-state index in [1.54, 1.807) is 6.92 Å². The number of hydrogen-bond donors (Lipinski definition) is 2. The molecule has 0 saturated carbocycles. The van der Waals surface area contributed by atoms with Gasteiger partial charge in [0.05, 0.1) is 5.52 Å². The molecule has 9 heteroatoms. The molecule has 2 aromatic carbocycles. The Bertz CT molecular complexity index is 1260. The molecule has 0 saturated heterocycles. The Kier molecular flexibility index (Phi) is 5.02. The zero-order valence-corrected chi connectivity index (χ0v) is 17.1. The van der Waals surface area contributed by atoms with E-state index in [1.165, 1.54) is 12.4 Å². The van der Waals surface area contributed by atoms with Crippen molar-refractivity contribution in [3.05, 3.63) is 69.2 Å². The molecule has 0 spiro atoms. The van der Waals surface area contributed by atoms with Crippen molar-refractivity contribution >= 4 is 45.0 Å². The number of rotatable bonds is 4. The minimum atomic E-state index is -0.750. The molecule has 0 atom stereocenters. The van der Waals surface area contributed by atoms with Crippen LogP contribution in [-0.2, 0) is 0 Å². The van der Waals surface area contributed by atoms with Crippen LogP contribution < -0.4 is 10.1 Å². The van der Waals surface area contributed by atoms with Crippen LogP contribution in [0.4, 0.5) is 20.3 Å². The molecule has 2 heterocycles. The average Bonchev–Trinajstić information content (AvgIpc) is 3.10. The largest absolute Gasteiger partial charge is 0.434 e. The second-order valence-corrected chi connectivity index (χ2v) is 7.41. The molecule has 0 amide bonds. The Morgan fingerprint density at radius 2 is 1.93 bits per heavy atom. The molecule has 2 aromatic heterocycles. The smallest absolute Gasteiger partial charge is 0.242 e. The number of H-pyrrole nitrogens is 1. The fourth-order valence-electron chi connectivity index (χ4n) is 2.82. The van der Waals surface area contributed by atoms with Crippen molar-refractivity contribution in [3.8, 4) is 17.7 Å². The summed E-state index contributed by atoms with van der Waals surface area (Å²) in [5.41, 5.74) is 1.33. The summed E-state index contributed by atoms with van der Waals surface area (Å²) >= 11 is 2.18. The van der Waals surface area contributed by atoms with Gasteiger partial charge in [0.2, 0.25) is 5.88 Å². The van der Waals surface area contributed by atoms with E-state index in [4.69, 9.17) is 4.74 Å². The Morgan fingerprint density at radius 1 is 1.17 bits per heavy atom. The lowest BCUT2D eigenvalue weighted by molar-refractivity contribution is 0.424. The van der Waals surface area contributed by atoms with Crippen LogP contribution in [0.3, 0.4) is 0 Å². The maximum Gasteiger partial charge on any atom is 0.242 e. The molecule has 0 aliphatic carbocycles. The molecular weight excluding hydrogens is 491 g/mol. The molecule has 0 aliphatic heterocycles. The highest BCUT2D eigenvalue weighted by molar-refractivity contribution is 14.1. The van der Waals surface area contributed by atoms with Crippen molar-refractivity contribution in [2.24, 2.45) is 0 Å². The molecule has 0 radical (unpaired) electrons. The minimum Gasteiger partial charge on any atom is -0.434 e. The highest BCUT2D eigenvalue weighted by Gasteiger charge is 2.19. The van der Waals surface area contributed by atoms with Crippen LogP contribution in [0.1, 0.15) is 11.3 Å². The fraction of sp³-hybridized carbons (Fsp3) is 0.0500. The zero-order valence-electron chi connectivity index (χ0n) is 14.9. The summed E-state index contributed by atoms with van der Waals surface area (Å²) in [6, 6.07) is 11.8. The van der Waals surface area contributed by atoms with Gasteiger partial charge in [-0.05, 0) is 59.8 Å². The normalized spacial score (nSPS) is 10.7. The van der Waals surface area contributed by atoms with Crippen LogP contribution in [0.15, 0.2) is 42.7 Å². The van der Waals surface area contributed by atoms with Crippen LogP contribution in [-0.4, -0.2) is 15.0 Å². The second kappa shape index (κ2) is 7.63. The third-order valence-corrected chi connectivity index (χ3v) is 4.86. The van der Waals surface area contributed by atoms with Gasteiger partial charge in [0.15, 0.2) is 28.8 Å². The second-order valence-electron chi connectivity index (χ2n) is 6.16. The maximum absolute atomic E-state index is 14.8. The highest BCUT2D eigenvalue weighted by Crippen LogP contribution is 2.34. The number of aryl methyl sites for hydroxylation is 1. The van der Waals surface area contributed by atoms with Crippen molar-refractivity contribution < 1.29 is 13.5 Å². The topological polar surface area (TPSA) is 86.6 Å². The van der Waals surface area contributed by atoms with Gasteiger partial charge in [-0.1, -0.05) is 0 Å². The SMILES string of the molecule is Cc1cc2c(F)c(Oc3ncnc(Nc4ccc(I)cc4)c3C#N)cc(F)c2[nH]1. The van der Waals surface area contributed by atoms with Gasteiger partial charge in [-0.15, -0.1) is 0 Å². The van der Waals surface area contributed by atoms with Crippen molar-refractivity contribution in [1.29, 1.82) is 5.26 Å². The zero-order chi connectivity index (χ0) is 20.5. The number of ether oxygens (including phenoxy) is 1. The Labute approximate surface area is 177 Å². The Morgan fingerprint density at radius 3 is 2.66 bits per heavy atom. The van der Waals surface area contributed by atoms with E-state index >= 15 is 0 Å². The highest BCUT2D eigenvalue weighted by atomic mass is 127. The molecule has 0 fully saturated rings. The lowest BCUT2D eigenvalue weighted by atomic mass is 10.2. The lowest BCUT2D eigenvalue weighted by Gasteiger charge is -2.11. The summed E-state index contributed by atoms with van der Waals surface area (Å²) in [6.45, 7) is 1.69. The van der Waals surface area contributed by atoms with Crippen LogP contribution in [0.2, 0.25) is 0 Å². The van der Waals surface area contributed by atoms with Crippen molar-refractivity contribution in [2.45, 2.75) is 6.92 Å². The molecule has 4 rings (SSSR count). The van der Waals surface area contributed by atoms with Gasteiger partial charge in [0.25, 0.3) is 0 Å². The number of aromatic amines is 1. The molecule has 4 aromatic rings. The monoisotopic (exact) mass is 503 g/mol. The van der Waals surface area contributed by atoms with E-state index < -0.39 is 11.6 Å². The number of nitriles is 1. The van der Waals surface area contributed by atoms with Gasteiger partial charge in [-0.25, -0.2) is 18.7 Å². The first-order chi connectivity index (χ1) is 14.0. The standard InChI is InChI=1S/C20H12F2IN5O/c1-10-6-13-17(22)16(7-15(21)18(13)27-10)29-20-14(8-24)19(25-9-26-20)28-12-4-2-11(23)3-5-12/h2-7,9,27H,1H3,(H,25,26,28). The van der Waals surface area contributed by atoms with E-state index in [2.05, 4.69) is 42.9 Å². The van der Waals surface area contributed by atoms with Gasteiger partial charge in [-0.3, -0.25) is 0 Å². The number of benzene rings is 2. The number of nitrogens with one attached hydrogen (secondary N) is 2. The maximum atomic E-state index is 14.8. The quantitative estimate of drug-likeness (QED) is 0.357. The molecule has 0 aliphatic rings. The number of nitrogens with zero attached hydrogens (tertiary/aromatic N) is 3. The van der Waals surface area contributed by atoms with Crippen LogP contribution >= 0.6 is 22.6 Å². The van der Waals surface area contributed by atoms with Crippen LogP contribution in [0.5, 0.6) is 11.6 Å². The number of hydrogen-bond acceptors (Lipinski definition) is 5. The molecule has 2 N–H and O–H groups in total. The number of fused-ring (bicyclic) bond motifs is 1. The van der Waals surface area contributed by atoms with Crippen LogP contribution in [0, 0.1) is 33.5 Å². The Hall–Kier alpha value is -3.26. The minimum absolute atomic E-state index is 0.0313. The summed E-state index contributed by atoms with van der Waals surface area (Å²) in [7, 11) is 0. The third-order valence-electron chi connectivity index (χ3n) is 4.14. The van der Waals surface area contributed by atoms with Gasteiger partial charge in [0.1, 0.15) is 12.4 Å². The average molecular weight is 503 g/mol. The van der Waals surface area contributed by atoms with Gasteiger partial charge in [-0.2, -0.15) is 5.26 Å². The number of aromatic nitrogens is 3. The van der Waals surface area contributed by atoms with Gasteiger partial charge in [0, 0.05) is 26.4 Å². The lowest BCUT2D eigenvalue weighted by Crippen LogP contribution is -2.02. The number of halogens is 3. The summed E-state index contributed by atoms with van der Waals surface area (Å²) in [5.74, 6) is -1.78. The van der Waals surface area contributed by atoms with Gasteiger partial charge >= 0.3 is 0 Å². The van der Waals surface area contributed by atoms with E-state index in [1.807, 2.05) is 30.3 Å². The predicted molar refractivity (Wildman–Crippen MR) is 112 cm³/mol. The molecule has 0 bridgehead atoms. The number of anilines is 2. The van der Waals surface area contributed by atoms with E-state index in [0.29, 0.717) is 11.4 Å². The fourth-order valence-corrected chi connectivity index (χ4v) is 3.18. The first-order valence-corrected chi connectivity index (χ1v) is 9.47. The predicted octanol–water partition coefficient (Wildman–Crippen LogP) is 5.56. The molecule has 0 unspecified atom stereocenters. The van der Waals surface area contributed by atoms with Crippen molar-refractivity contribution in [1.82, 2.24) is 15.0 Å². The Balaban J connectivity index is 1.73. The third kappa shape index (κ3) is 3.71.